The number of para-hydroxylation sites is 1. The Morgan fingerprint density at radius 2 is 2.12 bits per heavy atom. The molecule has 1 N–H and O–H groups in total. The van der Waals surface area contributed by atoms with E-state index < -0.39 is 0 Å². The van der Waals surface area contributed by atoms with Gasteiger partial charge in [-0.05, 0) is 36.9 Å². The van der Waals surface area contributed by atoms with Crippen molar-refractivity contribution in [3.05, 3.63) is 60.5 Å². The number of thioether (sulfide) groups is 1. The third kappa shape index (κ3) is 4.23. The summed E-state index contributed by atoms with van der Waals surface area (Å²) in [6, 6.07) is 13.5. The van der Waals surface area contributed by atoms with Crippen LogP contribution in [0, 0.1) is 0 Å². The number of nitrogens with zero attached hydrogens (tertiary/aromatic N) is 3. The average Bonchev–Trinajstić information content (AvgIpc) is 3.31. The molecular formula is C19H20N4OS2. The fourth-order valence-corrected chi connectivity index (χ4v) is 4.28. The second-order valence-electron chi connectivity index (χ2n) is 5.51. The zero-order valence-electron chi connectivity index (χ0n) is 14.5. The molecule has 26 heavy (non-hydrogen) atoms. The third-order valence-corrected chi connectivity index (χ3v) is 5.81. The third-order valence-electron chi connectivity index (χ3n) is 3.74. The van der Waals surface area contributed by atoms with Gasteiger partial charge in [0.05, 0.1) is 10.1 Å². The highest BCUT2D eigenvalue weighted by atomic mass is 32.2. The van der Waals surface area contributed by atoms with Crippen molar-refractivity contribution in [3.8, 4) is 10.7 Å². The van der Waals surface area contributed by atoms with Gasteiger partial charge in [-0.1, -0.05) is 42.1 Å². The van der Waals surface area contributed by atoms with Gasteiger partial charge in [-0.15, -0.1) is 28.1 Å². The number of nitrogens with one attached hydrogen (secondary N) is 1. The molecule has 2 heterocycles. The Balaban J connectivity index is 1.80. The van der Waals surface area contributed by atoms with E-state index in [1.54, 1.807) is 17.4 Å². The minimum atomic E-state index is -0.321. The summed E-state index contributed by atoms with van der Waals surface area (Å²) in [5.74, 6) is 0.773. The van der Waals surface area contributed by atoms with E-state index in [1.807, 2.05) is 52.4 Å². The first-order chi connectivity index (χ1) is 12.7. The van der Waals surface area contributed by atoms with Crippen molar-refractivity contribution in [2.45, 2.75) is 30.3 Å². The van der Waals surface area contributed by atoms with Crippen LogP contribution in [0.25, 0.3) is 10.7 Å². The lowest BCUT2D eigenvalue weighted by Gasteiger charge is -2.15. The van der Waals surface area contributed by atoms with E-state index in [-0.39, 0.29) is 11.2 Å². The molecule has 0 bridgehead atoms. The molecule has 1 aromatic carbocycles. The summed E-state index contributed by atoms with van der Waals surface area (Å²) in [5.41, 5.74) is 0.781. The largest absolute Gasteiger partial charge is 0.325 e. The molecule has 0 saturated carbocycles. The molecule has 1 unspecified atom stereocenters. The fourth-order valence-electron chi connectivity index (χ4n) is 2.48. The highest BCUT2D eigenvalue weighted by Crippen LogP contribution is 2.30. The summed E-state index contributed by atoms with van der Waals surface area (Å²) >= 11 is 3.05. The summed E-state index contributed by atoms with van der Waals surface area (Å²) in [7, 11) is 0. The minimum absolute atomic E-state index is 0.0653. The molecule has 1 amide bonds. The highest BCUT2D eigenvalue weighted by molar-refractivity contribution is 8.00. The van der Waals surface area contributed by atoms with Gasteiger partial charge in [0.15, 0.2) is 11.0 Å². The number of carbonyl (C=O) groups excluding carboxylic acids is 1. The SMILES string of the molecule is C=CCC(Sc1nnc(-c2cccs2)n1CC)C(=O)Nc1ccccc1. The predicted molar refractivity (Wildman–Crippen MR) is 109 cm³/mol. The lowest BCUT2D eigenvalue weighted by molar-refractivity contribution is -0.115. The number of carbonyl (C=O) groups is 1. The number of anilines is 1. The second-order valence-corrected chi connectivity index (χ2v) is 7.63. The highest BCUT2D eigenvalue weighted by Gasteiger charge is 2.23. The van der Waals surface area contributed by atoms with E-state index >= 15 is 0 Å². The zero-order valence-corrected chi connectivity index (χ0v) is 16.1. The Labute approximate surface area is 161 Å². The van der Waals surface area contributed by atoms with E-state index in [1.165, 1.54) is 11.8 Å². The number of rotatable bonds is 8. The molecule has 5 nitrogen and oxygen atoms in total. The standard InChI is InChI=1S/C19H20N4OS2/c1-3-9-16(18(24)20-14-10-6-5-7-11-14)26-19-22-21-17(23(19)4-2)15-12-8-13-25-15/h3,5-8,10-13,16H,1,4,9H2,2H3,(H,20,24). The monoisotopic (exact) mass is 384 g/mol. The predicted octanol–water partition coefficient (Wildman–Crippen LogP) is 4.70. The molecule has 7 heteroatoms. The second kappa shape index (κ2) is 8.82. The Hall–Kier alpha value is -2.38. The minimum Gasteiger partial charge on any atom is -0.325 e. The van der Waals surface area contributed by atoms with Crippen LogP contribution < -0.4 is 5.32 Å². The van der Waals surface area contributed by atoms with E-state index in [4.69, 9.17) is 0 Å². The molecule has 3 rings (SSSR count). The molecule has 3 aromatic rings. The van der Waals surface area contributed by atoms with E-state index in [0.717, 1.165) is 28.1 Å². The number of aromatic nitrogens is 3. The molecule has 0 radical (unpaired) electrons. The summed E-state index contributed by atoms with van der Waals surface area (Å²) in [6.45, 7) is 6.58. The van der Waals surface area contributed by atoms with Crippen LogP contribution in [0.2, 0.25) is 0 Å². The molecule has 2 aromatic heterocycles. The molecule has 1 atom stereocenters. The van der Waals surface area contributed by atoms with Crippen LogP contribution in [-0.4, -0.2) is 25.9 Å². The fraction of sp³-hybridized carbons (Fsp3) is 0.211. The molecule has 134 valence electrons. The zero-order chi connectivity index (χ0) is 18.4. The number of benzene rings is 1. The molecule has 0 aliphatic carbocycles. The van der Waals surface area contributed by atoms with Crippen molar-refractivity contribution in [3.63, 3.8) is 0 Å². The van der Waals surface area contributed by atoms with Gasteiger partial charge in [0, 0.05) is 12.2 Å². The van der Waals surface area contributed by atoms with Gasteiger partial charge in [-0.2, -0.15) is 0 Å². The lowest BCUT2D eigenvalue weighted by atomic mass is 10.2. The van der Waals surface area contributed by atoms with Gasteiger partial charge in [-0.3, -0.25) is 4.79 Å². The summed E-state index contributed by atoms with van der Waals surface area (Å²) in [6.07, 6.45) is 2.31. The van der Waals surface area contributed by atoms with Gasteiger partial charge in [0.25, 0.3) is 0 Å². The molecule has 0 aliphatic heterocycles. The van der Waals surface area contributed by atoms with Crippen LogP contribution in [0.1, 0.15) is 13.3 Å². The lowest BCUT2D eigenvalue weighted by Crippen LogP contribution is -2.25. The molecule has 0 saturated heterocycles. The van der Waals surface area contributed by atoms with Crippen molar-refractivity contribution in [2.75, 3.05) is 5.32 Å². The number of thiophene rings is 1. The quantitative estimate of drug-likeness (QED) is 0.452. The van der Waals surface area contributed by atoms with Crippen LogP contribution >= 0.6 is 23.1 Å². The average molecular weight is 385 g/mol. The van der Waals surface area contributed by atoms with E-state index in [2.05, 4.69) is 29.0 Å². The van der Waals surface area contributed by atoms with Gasteiger partial charge < -0.3 is 9.88 Å². The van der Waals surface area contributed by atoms with Gasteiger partial charge in [0.1, 0.15) is 0 Å². The van der Waals surface area contributed by atoms with Crippen LogP contribution in [0.15, 0.2) is 65.7 Å². The van der Waals surface area contributed by atoms with Crippen molar-refractivity contribution in [2.24, 2.45) is 0 Å². The maximum absolute atomic E-state index is 12.7. The molecular weight excluding hydrogens is 364 g/mol. The number of hydrogen-bond donors (Lipinski definition) is 1. The van der Waals surface area contributed by atoms with E-state index in [0.29, 0.717) is 6.42 Å². The van der Waals surface area contributed by atoms with Crippen molar-refractivity contribution < 1.29 is 4.79 Å². The maximum atomic E-state index is 12.7. The first-order valence-corrected chi connectivity index (χ1v) is 10.1. The molecule has 0 fully saturated rings. The Bertz CT molecular complexity index is 859. The number of amides is 1. The smallest absolute Gasteiger partial charge is 0.238 e. The van der Waals surface area contributed by atoms with Crippen LogP contribution in [0.3, 0.4) is 0 Å². The Morgan fingerprint density at radius 1 is 1.31 bits per heavy atom. The Kier molecular flexibility index (Phi) is 6.25. The number of hydrogen-bond acceptors (Lipinski definition) is 5. The van der Waals surface area contributed by atoms with Crippen molar-refractivity contribution in [1.29, 1.82) is 0 Å². The van der Waals surface area contributed by atoms with Gasteiger partial charge in [0.2, 0.25) is 5.91 Å². The topological polar surface area (TPSA) is 59.8 Å². The molecule has 0 aliphatic rings. The van der Waals surface area contributed by atoms with Crippen molar-refractivity contribution >= 4 is 34.7 Å². The van der Waals surface area contributed by atoms with Crippen LogP contribution in [0.4, 0.5) is 5.69 Å². The van der Waals surface area contributed by atoms with Crippen molar-refractivity contribution in [1.82, 2.24) is 14.8 Å². The molecule has 0 spiro atoms. The van der Waals surface area contributed by atoms with Gasteiger partial charge >= 0.3 is 0 Å². The summed E-state index contributed by atoms with van der Waals surface area (Å²) in [4.78, 5) is 13.8. The van der Waals surface area contributed by atoms with Gasteiger partial charge in [-0.25, -0.2) is 0 Å². The van der Waals surface area contributed by atoms with Crippen LogP contribution in [-0.2, 0) is 11.3 Å². The van der Waals surface area contributed by atoms with E-state index in [9.17, 15) is 4.79 Å². The number of allylic oxidation sites excluding steroid dienone is 1. The normalized spacial score (nSPS) is 11.9. The first-order valence-electron chi connectivity index (χ1n) is 8.33. The summed E-state index contributed by atoms with van der Waals surface area (Å²) < 4.78 is 2.04. The van der Waals surface area contributed by atoms with Crippen LogP contribution in [0.5, 0.6) is 0 Å². The Morgan fingerprint density at radius 3 is 2.77 bits per heavy atom. The maximum Gasteiger partial charge on any atom is 0.238 e. The first kappa shape index (κ1) is 18.4. The summed E-state index contributed by atoms with van der Waals surface area (Å²) in [5, 5.41) is 14.0.